The van der Waals surface area contributed by atoms with E-state index in [2.05, 4.69) is 22.1 Å². The van der Waals surface area contributed by atoms with Crippen molar-refractivity contribution >= 4 is 29.0 Å². The Labute approximate surface area is 183 Å². The smallest absolute Gasteiger partial charge is 0.290 e. The topological polar surface area (TPSA) is 81.4 Å². The van der Waals surface area contributed by atoms with Gasteiger partial charge in [0.05, 0.1) is 29.7 Å². The van der Waals surface area contributed by atoms with Gasteiger partial charge in [0.25, 0.3) is 11.1 Å². The molecule has 0 radical (unpaired) electrons. The molecule has 2 amide bonds. The van der Waals surface area contributed by atoms with Crippen molar-refractivity contribution in [2.75, 3.05) is 7.11 Å². The van der Waals surface area contributed by atoms with E-state index in [0.29, 0.717) is 28.5 Å². The first-order valence-electron chi connectivity index (χ1n) is 9.47. The number of imide groups is 1. The van der Waals surface area contributed by atoms with Gasteiger partial charge >= 0.3 is 0 Å². The van der Waals surface area contributed by atoms with Crippen LogP contribution in [0.3, 0.4) is 0 Å². The molecule has 2 aromatic carbocycles. The zero-order valence-corrected chi connectivity index (χ0v) is 17.7. The standard InChI is InChI=1S/C24H18N2O4S/c1-15-19(25-23(30-15)17-7-4-3-5-8-17)10-6-9-18-13-16(11-12-20(18)29-2)14-21-22(27)26-24(28)31-21/h3-5,7-8,11-14H,10H2,1-2H3,(H,26,27,28)/b21-14-. The quantitative estimate of drug-likeness (QED) is 0.482. The van der Waals surface area contributed by atoms with Crippen LogP contribution in [0.25, 0.3) is 17.5 Å². The molecular weight excluding hydrogens is 412 g/mol. The minimum atomic E-state index is -0.394. The summed E-state index contributed by atoms with van der Waals surface area (Å²) < 4.78 is 11.2. The summed E-state index contributed by atoms with van der Waals surface area (Å²) in [5, 5.41) is 1.87. The van der Waals surface area contributed by atoms with Crippen LogP contribution in [0.2, 0.25) is 0 Å². The molecular formula is C24H18N2O4S. The molecule has 1 N–H and O–H groups in total. The number of nitrogens with one attached hydrogen (secondary N) is 1. The van der Waals surface area contributed by atoms with Crippen molar-refractivity contribution < 1.29 is 18.7 Å². The Morgan fingerprint density at radius 2 is 2.00 bits per heavy atom. The average molecular weight is 430 g/mol. The highest BCUT2D eigenvalue weighted by atomic mass is 32.2. The predicted molar refractivity (Wildman–Crippen MR) is 119 cm³/mol. The summed E-state index contributed by atoms with van der Waals surface area (Å²) in [5.74, 6) is 7.77. The summed E-state index contributed by atoms with van der Waals surface area (Å²) >= 11 is 0.877. The van der Waals surface area contributed by atoms with Gasteiger partial charge in [-0.3, -0.25) is 14.9 Å². The van der Waals surface area contributed by atoms with Crippen LogP contribution in [0.1, 0.15) is 22.6 Å². The van der Waals surface area contributed by atoms with E-state index in [1.165, 1.54) is 0 Å². The van der Waals surface area contributed by atoms with Gasteiger partial charge in [-0.25, -0.2) is 4.98 Å². The summed E-state index contributed by atoms with van der Waals surface area (Å²) in [5.41, 5.74) is 3.12. The maximum absolute atomic E-state index is 11.8. The molecule has 154 valence electrons. The number of nitrogens with zero attached hydrogens (tertiary/aromatic N) is 1. The van der Waals surface area contributed by atoms with Gasteiger partial charge in [-0.1, -0.05) is 36.1 Å². The molecule has 1 aliphatic rings. The minimum Gasteiger partial charge on any atom is -0.495 e. The molecule has 1 saturated heterocycles. The van der Waals surface area contributed by atoms with Crippen molar-refractivity contribution in [3.8, 4) is 29.0 Å². The van der Waals surface area contributed by atoms with Crippen molar-refractivity contribution in [1.82, 2.24) is 10.3 Å². The van der Waals surface area contributed by atoms with Gasteiger partial charge in [0.1, 0.15) is 11.5 Å². The third kappa shape index (κ3) is 4.71. The number of methoxy groups -OCH3 is 1. The molecule has 7 heteroatoms. The number of hydrogen-bond acceptors (Lipinski definition) is 6. The van der Waals surface area contributed by atoms with Crippen LogP contribution in [0.5, 0.6) is 5.75 Å². The average Bonchev–Trinajstić information content (AvgIpc) is 3.30. The van der Waals surface area contributed by atoms with Crippen LogP contribution in [0.15, 0.2) is 57.9 Å². The molecule has 4 rings (SSSR count). The van der Waals surface area contributed by atoms with Crippen molar-refractivity contribution in [1.29, 1.82) is 0 Å². The van der Waals surface area contributed by atoms with Crippen molar-refractivity contribution in [3.05, 3.63) is 76.0 Å². The highest BCUT2D eigenvalue weighted by Crippen LogP contribution is 2.27. The maximum atomic E-state index is 11.8. The van der Waals surface area contributed by atoms with E-state index in [0.717, 1.165) is 34.3 Å². The van der Waals surface area contributed by atoms with Crippen molar-refractivity contribution in [2.24, 2.45) is 0 Å². The van der Waals surface area contributed by atoms with Gasteiger partial charge in [0.2, 0.25) is 5.89 Å². The van der Waals surface area contributed by atoms with E-state index in [9.17, 15) is 9.59 Å². The molecule has 1 aromatic heterocycles. The second kappa shape index (κ2) is 8.94. The summed E-state index contributed by atoms with van der Waals surface area (Å²) in [7, 11) is 1.57. The Morgan fingerprint density at radius 1 is 1.19 bits per heavy atom. The maximum Gasteiger partial charge on any atom is 0.290 e. The molecule has 0 atom stereocenters. The Balaban J connectivity index is 1.56. The van der Waals surface area contributed by atoms with Crippen LogP contribution in [0.4, 0.5) is 4.79 Å². The van der Waals surface area contributed by atoms with E-state index in [1.54, 1.807) is 19.3 Å². The SMILES string of the molecule is COc1ccc(/C=C2\SC(=O)NC2=O)cc1C#CCc1nc(-c2ccccc2)oc1C. The fraction of sp³-hybridized carbons (Fsp3) is 0.125. The Bertz CT molecular complexity index is 1250. The first-order chi connectivity index (χ1) is 15.0. The van der Waals surface area contributed by atoms with Gasteiger partial charge in [0, 0.05) is 5.56 Å². The second-order valence-electron chi connectivity index (χ2n) is 6.68. The summed E-state index contributed by atoms with van der Waals surface area (Å²) in [6, 6.07) is 15.1. The van der Waals surface area contributed by atoms with Crippen molar-refractivity contribution in [2.45, 2.75) is 13.3 Å². The highest BCUT2D eigenvalue weighted by Gasteiger charge is 2.25. The molecule has 3 aromatic rings. The van der Waals surface area contributed by atoms with Gasteiger partial charge in [-0.05, 0) is 54.6 Å². The first kappa shape index (κ1) is 20.5. The molecule has 6 nitrogen and oxygen atoms in total. The molecule has 1 aliphatic heterocycles. The Hall–Kier alpha value is -3.76. The zero-order chi connectivity index (χ0) is 21.8. The van der Waals surface area contributed by atoms with E-state index in [1.807, 2.05) is 49.4 Å². The number of oxazole rings is 1. The molecule has 0 saturated carbocycles. The molecule has 2 heterocycles. The number of carbonyl (C=O) groups is 2. The van der Waals surface area contributed by atoms with Crippen LogP contribution < -0.4 is 10.1 Å². The lowest BCUT2D eigenvalue weighted by Gasteiger charge is -2.04. The van der Waals surface area contributed by atoms with E-state index in [4.69, 9.17) is 9.15 Å². The summed E-state index contributed by atoms with van der Waals surface area (Å²) in [4.78, 5) is 28.0. The minimum absolute atomic E-state index is 0.348. The second-order valence-corrected chi connectivity index (χ2v) is 7.69. The highest BCUT2D eigenvalue weighted by molar-refractivity contribution is 8.18. The van der Waals surface area contributed by atoms with Gasteiger partial charge < -0.3 is 9.15 Å². The molecule has 31 heavy (non-hydrogen) atoms. The largest absolute Gasteiger partial charge is 0.495 e. The first-order valence-corrected chi connectivity index (χ1v) is 10.3. The monoisotopic (exact) mass is 430 g/mol. The number of carbonyl (C=O) groups excluding carboxylic acids is 2. The number of rotatable bonds is 4. The number of ether oxygens (including phenoxy) is 1. The van der Waals surface area contributed by atoms with E-state index < -0.39 is 5.91 Å². The Morgan fingerprint density at radius 3 is 2.71 bits per heavy atom. The summed E-state index contributed by atoms with van der Waals surface area (Å²) in [6.45, 7) is 1.87. The lowest BCUT2D eigenvalue weighted by atomic mass is 10.1. The number of aryl methyl sites for hydroxylation is 1. The van der Waals surface area contributed by atoms with Crippen LogP contribution in [-0.2, 0) is 11.2 Å². The molecule has 0 bridgehead atoms. The summed E-state index contributed by atoms with van der Waals surface area (Å²) in [6.07, 6.45) is 2.08. The third-order valence-electron chi connectivity index (χ3n) is 4.56. The van der Waals surface area contributed by atoms with Crippen LogP contribution >= 0.6 is 11.8 Å². The van der Waals surface area contributed by atoms with Crippen LogP contribution in [0, 0.1) is 18.8 Å². The van der Waals surface area contributed by atoms with Crippen LogP contribution in [-0.4, -0.2) is 23.2 Å². The van der Waals surface area contributed by atoms with Gasteiger partial charge in [-0.15, -0.1) is 0 Å². The van der Waals surface area contributed by atoms with E-state index in [-0.39, 0.29) is 5.24 Å². The molecule has 0 aliphatic carbocycles. The number of benzene rings is 2. The van der Waals surface area contributed by atoms with Crippen molar-refractivity contribution in [3.63, 3.8) is 0 Å². The van der Waals surface area contributed by atoms with Gasteiger partial charge in [-0.2, -0.15) is 0 Å². The lowest BCUT2D eigenvalue weighted by molar-refractivity contribution is -0.115. The fourth-order valence-corrected chi connectivity index (χ4v) is 3.69. The number of hydrogen-bond donors (Lipinski definition) is 1. The number of amides is 2. The predicted octanol–water partition coefficient (Wildman–Crippen LogP) is 4.58. The third-order valence-corrected chi connectivity index (χ3v) is 5.37. The lowest BCUT2D eigenvalue weighted by Crippen LogP contribution is -2.17. The van der Waals surface area contributed by atoms with Gasteiger partial charge in [0.15, 0.2) is 0 Å². The molecule has 0 spiro atoms. The zero-order valence-electron chi connectivity index (χ0n) is 16.9. The Kier molecular flexibility index (Phi) is 5.92. The molecule has 0 unspecified atom stereocenters. The normalized spacial score (nSPS) is 14.3. The fourth-order valence-electron chi connectivity index (χ4n) is 3.00. The number of aromatic nitrogens is 1. The number of thioether (sulfide) groups is 1. The van der Waals surface area contributed by atoms with E-state index >= 15 is 0 Å². The molecule has 1 fully saturated rings.